The molecule has 22 heavy (non-hydrogen) atoms. The van der Waals surface area contributed by atoms with Gasteiger partial charge in [-0.05, 0) is 38.0 Å². The third kappa shape index (κ3) is 3.36. The molecule has 0 radical (unpaired) electrons. The molecule has 2 saturated heterocycles. The van der Waals surface area contributed by atoms with Gasteiger partial charge in [-0.25, -0.2) is 0 Å². The van der Waals surface area contributed by atoms with Gasteiger partial charge in [0.25, 0.3) is 0 Å². The number of nitrogens with zero attached hydrogens (tertiary/aromatic N) is 2. The topological polar surface area (TPSA) is 12.5 Å². The fraction of sp³-hybridized carbons (Fsp3) is 0.579. The molecule has 2 fully saturated rings. The van der Waals surface area contributed by atoms with Gasteiger partial charge in [0.15, 0.2) is 0 Å². The summed E-state index contributed by atoms with van der Waals surface area (Å²) >= 11 is 0. The summed E-state index contributed by atoms with van der Waals surface area (Å²) in [5.41, 5.74) is 2.70. The molecule has 0 aliphatic carbocycles. The minimum atomic E-state index is 0.397. The van der Waals surface area contributed by atoms with Crippen molar-refractivity contribution in [3.05, 3.63) is 42.5 Å². The van der Waals surface area contributed by atoms with E-state index in [1.54, 1.807) is 0 Å². The first-order chi connectivity index (χ1) is 10.6. The normalized spacial score (nSPS) is 27.8. The molecule has 3 rings (SSSR count). The second-order valence-electron chi connectivity index (χ2n) is 7.06. The highest BCUT2D eigenvalue weighted by Crippen LogP contribution is 2.25. The zero-order chi connectivity index (χ0) is 15.6. The molecule has 2 aliphatic heterocycles. The van der Waals surface area contributed by atoms with E-state index in [-0.39, 0.29) is 0 Å². The number of allylic oxidation sites excluding steroid dienone is 1. The van der Waals surface area contributed by atoms with Gasteiger partial charge in [0, 0.05) is 5.69 Å². The molecule has 0 N–H and O–H groups in total. The van der Waals surface area contributed by atoms with Crippen LogP contribution in [0.1, 0.15) is 19.4 Å². The largest absolute Gasteiger partial charge is 0.364 e. The van der Waals surface area contributed by atoms with Crippen LogP contribution in [0, 0.1) is 0 Å². The third-order valence-electron chi connectivity index (χ3n) is 5.12. The number of quaternary nitrogens is 1. The fourth-order valence-electron chi connectivity index (χ4n) is 4.17. The summed E-state index contributed by atoms with van der Waals surface area (Å²) in [6.45, 7) is 15.4. The minimum absolute atomic E-state index is 0.397. The molecule has 120 valence electrons. The van der Waals surface area contributed by atoms with Gasteiger partial charge in [-0.15, -0.1) is 6.58 Å². The van der Waals surface area contributed by atoms with Crippen molar-refractivity contribution in [3.8, 4) is 0 Å². The maximum atomic E-state index is 5.92. The standard InChI is InChI=1S/C19H29N2O/c1-4-5-18-6-8-19(9-7-18)20-10-12-21(13-11-20)14-16(2)22-17(3)15-21/h4,6-9,16-17H,1,5,10-15H2,2-3H3/q+1. The van der Waals surface area contributed by atoms with E-state index in [1.165, 1.54) is 41.9 Å². The SMILES string of the molecule is C=CCc1ccc(N2CC[N+]3(CC2)CC(C)OC(C)C3)cc1. The minimum Gasteiger partial charge on any atom is -0.364 e. The Hall–Kier alpha value is -1.32. The summed E-state index contributed by atoms with van der Waals surface area (Å²) in [6, 6.07) is 8.99. The molecule has 2 atom stereocenters. The van der Waals surface area contributed by atoms with Gasteiger partial charge in [-0.3, -0.25) is 0 Å². The Balaban J connectivity index is 1.62. The molecular formula is C19H29N2O+. The highest BCUT2D eigenvalue weighted by molar-refractivity contribution is 5.48. The molecule has 2 heterocycles. The summed E-state index contributed by atoms with van der Waals surface area (Å²) in [6.07, 6.45) is 3.71. The van der Waals surface area contributed by atoms with Gasteiger partial charge in [0.1, 0.15) is 25.3 Å². The van der Waals surface area contributed by atoms with Crippen molar-refractivity contribution < 1.29 is 9.22 Å². The van der Waals surface area contributed by atoms with Gasteiger partial charge in [-0.1, -0.05) is 18.2 Å². The molecule has 0 amide bonds. The summed E-state index contributed by atoms with van der Waals surface area (Å²) in [7, 11) is 0. The first-order valence-electron chi connectivity index (χ1n) is 8.55. The van der Waals surface area contributed by atoms with E-state index in [2.05, 4.69) is 49.6 Å². The number of morpholine rings is 1. The van der Waals surface area contributed by atoms with E-state index >= 15 is 0 Å². The number of rotatable bonds is 3. The van der Waals surface area contributed by atoms with Crippen molar-refractivity contribution in [1.29, 1.82) is 0 Å². The molecule has 1 aromatic rings. The van der Waals surface area contributed by atoms with Crippen LogP contribution in [0.4, 0.5) is 5.69 Å². The Bertz CT molecular complexity index is 491. The second-order valence-corrected chi connectivity index (χ2v) is 7.06. The Labute approximate surface area is 134 Å². The van der Waals surface area contributed by atoms with Crippen LogP contribution in [0.25, 0.3) is 0 Å². The van der Waals surface area contributed by atoms with Crippen molar-refractivity contribution in [1.82, 2.24) is 0 Å². The van der Waals surface area contributed by atoms with Crippen molar-refractivity contribution >= 4 is 5.69 Å². The smallest absolute Gasteiger partial charge is 0.105 e. The summed E-state index contributed by atoms with van der Waals surface area (Å²) in [5.74, 6) is 0. The predicted molar refractivity (Wildman–Crippen MR) is 92.3 cm³/mol. The molecule has 0 bridgehead atoms. The predicted octanol–water partition coefficient (Wildman–Crippen LogP) is 2.86. The molecule has 1 aromatic carbocycles. The Morgan fingerprint density at radius 1 is 1.14 bits per heavy atom. The number of benzene rings is 1. The second kappa shape index (κ2) is 6.43. The van der Waals surface area contributed by atoms with E-state index in [0.29, 0.717) is 12.2 Å². The maximum absolute atomic E-state index is 5.92. The monoisotopic (exact) mass is 301 g/mol. The van der Waals surface area contributed by atoms with Crippen LogP contribution in [-0.2, 0) is 11.2 Å². The Morgan fingerprint density at radius 2 is 1.73 bits per heavy atom. The fourth-order valence-corrected chi connectivity index (χ4v) is 4.17. The van der Waals surface area contributed by atoms with Gasteiger partial charge >= 0.3 is 0 Å². The van der Waals surface area contributed by atoms with Gasteiger partial charge < -0.3 is 14.1 Å². The third-order valence-corrected chi connectivity index (χ3v) is 5.12. The number of hydrogen-bond donors (Lipinski definition) is 0. The zero-order valence-corrected chi connectivity index (χ0v) is 14.0. The molecule has 0 saturated carbocycles. The number of ether oxygens (including phenoxy) is 1. The lowest BCUT2D eigenvalue weighted by molar-refractivity contribution is -0.941. The lowest BCUT2D eigenvalue weighted by atomic mass is 10.1. The van der Waals surface area contributed by atoms with Gasteiger partial charge in [0.2, 0.25) is 0 Å². The first kappa shape index (κ1) is 15.6. The van der Waals surface area contributed by atoms with Crippen molar-refractivity contribution in [2.45, 2.75) is 32.5 Å². The number of hydrogen-bond acceptors (Lipinski definition) is 2. The van der Waals surface area contributed by atoms with E-state index < -0.39 is 0 Å². The summed E-state index contributed by atoms with van der Waals surface area (Å²) < 4.78 is 7.17. The highest BCUT2D eigenvalue weighted by atomic mass is 16.5. The van der Waals surface area contributed by atoms with Crippen LogP contribution in [0.3, 0.4) is 0 Å². The van der Waals surface area contributed by atoms with Crippen LogP contribution >= 0.6 is 0 Å². The van der Waals surface area contributed by atoms with Crippen LogP contribution < -0.4 is 4.90 Å². The van der Waals surface area contributed by atoms with Crippen molar-refractivity contribution in [2.24, 2.45) is 0 Å². The van der Waals surface area contributed by atoms with Crippen molar-refractivity contribution in [3.63, 3.8) is 0 Å². The molecule has 2 aliphatic rings. The van der Waals surface area contributed by atoms with Crippen molar-refractivity contribution in [2.75, 3.05) is 44.2 Å². The Morgan fingerprint density at radius 3 is 2.27 bits per heavy atom. The van der Waals surface area contributed by atoms with Crippen LogP contribution in [0.2, 0.25) is 0 Å². The lowest BCUT2D eigenvalue weighted by Crippen LogP contribution is -2.66. The summed E-state index contributed by atoms with van der Waals surface area (Å²) in [5, 5.41) is 0. The maximum Gasteiger partial charge on any atom is 0.105 e. The average Bonchev–Trinajstić information content (AvgIpc) is 2.48. The Kier molecular flexibility index (Phi) is 4.55. The summed E-state index contributed by atoms with van der Waals surface area (Å²) in [4.78, 5) is 2.53. The molecule has 0 aromatic heterocycles. The molecular weight excluding hydrogens is 272 g/mol. The van der Waals surface area contributed by atoms with E-state index in [4.69, 9.17) is 4.74 Å². The van der Waals surface area contributed by atoms with Gasteiger partial charge in [-0.2, -0.15) is 0 Å². The zero-order valence-electron chi connectivity index (χ0n) is 14.0. The van der Waals surface area contributed by atoms with Gasteiger partial charge in [0.05, 0.1) is 26.2 Å². The van der Waals surface area contributed by atoms with Crippen LogP contribution in [-0.4, -0.2) is 56.0 Å². The molecule has 3 heteroatoms. The first-order valence-corrected chi connectivity index (χ1v) is 8.55. The molecule has 3 nitrogen and oxygen atoms in total. The lowest BCUT2D eigenvalue weighted by Gasteiger charge is -2.50. The van der Waals surface area contributed by atoms with E-state index in [1.807, 2.05) is 6.08 Å². The molecule has 2 unspecified atom stereocenters. The van der Waals surface area contributed by atoms with E-state index in [0.717, 1.165) is 19.5 Å². The molecule has 1 spiro atoms. The van der Waals surface area contributed by atoms with E-state index in [9.17, 15) is 0 Å². The van der Waals surface area contributed by atoms with Crippen LogP contribution in [0.5, 0.6) is 0 Å². The number of piperazine rings is 1. The average molecular weight is 301 g/mol. The quantitative estimate of drug-likeness (QED) is 0.629. The highest BCUT2D eigenvalue weighted by Gasteiger charge is 2.40. The number of anilines is 1. The van der Waals surface area contributed by atoms with Crippen LogP contribution in [0.15, 0.2) is 36.9 Å².